The molecule has 0 saturated carbocycles. The first-order valence-electron chi connectivity index (χ1n) is 8.05. The Morgan fingerprint density at radius 3 is 2.92 bits per heavy atom. The third-order valence-corrected chi connectivity index (χ3v) is 4.56. The van der Waals surface area contributed by atoms with E-state index in [4.69, 9.17) is 4.74 Å². The van der Waals surface area contributed by atoms with Crippen molar-refractivity contribution in [3.8, 4) is 5.75 Å². The Bertz CT molecular complexity index is 918. The second kappa shape index (κ2) is 7.90. The first-order valence-corrected chi connectivity index (χ1v) is 8.93. The number of nitrogens with one attached hydrogen (secondary N) is 1. The summed E-state index contributed by atoms with van der Waals surface area (Å²) in [5.74, 6) is 0.554. The number of aromatic nitrogens is 1. The Morgan fingerprint density at radius 1 is 1.32 bits per heavy atom. The van der Waals surface area contributed by atoms with Crippen LogP contribution in [0, 0.1) is 6.92 Å². The monoisotopic (exact) mass is 353 g/mol. The highest BCUT2D eigenvalue weighted by Crippen LogP contribution is 2.26. The molecule has 1 amide bonds. The SMILES string of the molecule is CCOc1ccc2ccccc2c1/C=N\NC(=O)Cc1nc(C)cs1. The van der Waals surface area contributed by atoms with Crippen LogP contribution in [0.1, 0.15) is 23.2 Å². The van der Waals surface area contributed by atoms with Gasteiger partial charge in [0.1, 0.15) is 10.8 Å². The van der Waals surface area contributed by atoms with Crippen LogP contribution in [0.4, 0.5) is 0 Å². The van der Waals surface area contributed by atoms with Gasteiger partial charge in [-0.1, -0.05) is 30.3 Å². The molecule has 0 aliphatic heterocycles. The van der Waals surface area contributed by atoms with Gasteiger partial charge in [-0.05, 0) is 30.7 Å². The van der Waals surface area contributed by atoms with E-state index in [0.717, 1.165) is 32.8 Å². The lowest BCUT2D eigenvalue weighted by molar-refractivity contribution is -0.120. The summed E-state index contributed by atoms with van der Waals surface area (Å²) in [5, 5.41) is 8.94. The second-order valence-corrected chi connectivity index (χ2v) is 6.43. The van der Waals surface area contributed by atoms with E-state index in [9.17, 15) is 4.79 Å². The molecule has 0 unspecified atom stereocenters. The van der Waals surface area contributed by atoms with Gasteiger partial charge in [-0.25, -0.2) is 10.4 Å². The van der Waals surface area contributed by atoms with Crippen LogP contribution in [0.25, 0.3) is 10.8 Å². The summed E-state index contributed by atoms with van der Waals surface area (Å²) in [5.41, 5.74) is 4.34. The Labute approximate surface area is 150 Å². The van der Waals surface area contributed by atoms with Gasteiger partial charge < -0.3 is 4.74 Å². The minimum atomic E-state index is -0.191. The van der Waals surface area contributed by atoms with E-state index in [2.05, 4.69) is 15.5 Å². The van der Waals surface area contributed by atoms with Crippen LogP contribution in [-0.4, -0.2) is 23.7 Å². The first-order chi connectivity index (χ1) is 12.2. The van der Waals surface area contributed by atoms with Crippen LogP contribution >= 0.6 is 11.3 Å². The maximum Gasteiger partial charge on any atom is 0.246 e. The molecular formula is C19H19N3O2S. The number of thiazole rings is 1. The van der Waals surface area contributed by atoms with Crippen LogP contribution in [0.2, 0.25) is 0 Å². The molecule has 0 bridgehead atoms. The molecule has 3 aromatic rings. The molecule has 0 radical (unpaired) electrons. The van der Waals surface area contributed by atoms with Crippen molar-refractivity contribution >= 4 is 34.2 Å². The Balaban J connectivity index is 1.77. The first kappa shape index (κ1) is 17.1. The summed E-state index contributed by atoms with van der Waals surface area (Å²) in [7, 11) is 0. The summed E-state index contributed by atoms with van der Waals surface area (Å²) in [4.78, 5) is 16.3. The zero-order valence-corrected chi connectivity index (χ0v) is 15.0. The maximum atomic E-state index is 12.0. The Hall–Kier alpha value is -2.73. The van der Waals surface area contributed by atoms with E-state index in [1.165, 1.54) is 11.3 Å². The summed E-state index contributed by atoms with van der Waals surface area (Å²) < 4.78 is 5.69. The molecule has 1 aromatic heterocycles. The Morgan fingerprint density at radius 2 is 2.16 bits per heavy atom. The largest absolute Gasteiger partial charge is 0.493 e. The van der Waals surface area contributed by atoms with E-state index in [1.807, 2.05) is 55.6 Å². The molecule has 25 heavy (non-hydrogen) atoms. The molecule has 3 rings (SSSR count). The minimum absolute atomic E-state index is 0.191. The standard InChI is InChI=1S/C19H19N3O2S/c1-3-24-17-9-8-14-6-4-5-7-15(14)16(17)11-20-22-18(23)10-19-21-13(2)12-25-19/h4-9,11-12H,3,10H2,1-2H3,(H,22,23)/b20-11-. The number of carbonyl (C=O) groups is 1. The highest BCUT2D eigenvalue weighted by atomic mass is 32.1. The van der Waals surface area contributed by atoms with Gasteiger partial charge in [-0.3, -0.25) is 4.79 Å². The van der Waals surface area contributed by atoms with Gasteiger partial charge in [0.15, 0.2) is 0 Å². The normalized spacial score (nSPS) is 11.1. The van der Waals surface area contributed by atoms with Crippen molar-refractivity contribution in [2.75, 3.05) is 6.61 Å². The van der Waals surface area contributed by atoms with Gasteiger partial charge in [0.25, 0.3) is 0 Å². The molecule has 2 aromatic carbocycles. The smallest absolute Gasteiger partial charge is 0.246 e. The van der Waals surface area contributed by atoms with Gasteiger partial charge in [0.05, 0.1) is 19.2 Å². The molecule has 0 spiro atoms. The molecule has 5 nitrogen and oxygen atoms in total. The van der Waals surface area contributed by atoms with Crippen LogP contribution in [0.3, 0.4) is 0 Å². The van der Waals surface area contributed by atoms with Crippen molar-refractivity contribution in [2.24, 2.45) is 5.10 Å². The van der Waals surface area contributed by atoms with Gasteiger partial charge in [0.2, 0.25) is 5.91 Å². The topological polar surface area (TPSA) is 63.6 Å². The highest BCUT2D eigenvalue weighted by molar-refractivity contribution is 7.09. The number of hydrazone groups is 1. The number of rotatable bonds is 6. The number of benzene rings is 2. The summed E-state index contributed by atoms with van der Waals surface area (Å²) in [6, 6.07) is 11.9. The third-order valence-electron chi connectivity index (χ3n) is 3.59. The zero-order valence-electron chi connectivity index (χ0n) is 14.2. The van der Waals surface area contributed by atoms with E-state index in [1.54, 1.807) is 6.21 Å². The molecule has 1 heterocycles. The van der Waals surface area contributed by atoms with Crippen LogP contribution in [0.15, 0.2) is 46.9 Å². The molecule has 0 saturated heterocycles. The van der Waals surface area contributed by atoms with Crippen LogP contribution < -0.4 is 10.2 Å². The van der Waals surface area contributed by atoms with E-state index >= 15 is 0 Å². The lowest BCUT2D eigenvalue weighted by atomic mass is 10.0. The van der Waals surface area contributed by atoms with E-state index in [0.29, 0.717) is 6.61 Å². The minimum Gasteiger partial charge on any atom is -0.493 e. The molecule has 128 valence electrons. The average Bonchev–Trinajstić information content (AvgIpc) is 3.01. The number of aryl methyl sites for hydroxylation is 1. The van der Waals surface area contributed by atoms with Crippen molar-refractivity contribution < 1.29 is 9.53 Å². The molecule has 0 fully saturated rings. The fourth-order valence-corrected chi connectivity index (χ4v) is 3.29. The van der Waals surface area contributed by atoms with Gasteiger partial charge in [-0.15, -0.1) is 11.3 Å². The second-order valence-electron chi connectivity index (χ2n) is 5.48. The summed E-state index contributed by atoms with van der Waals surface area (Å²) in [6.07, 6.45) is 1.86. The lowest BCUT2D eigenvalue weighted by Crippen LogP contribution is -2.19. The predicted molar refractivity (Wildman–Crippen MR) is 101 cm³/mol. The van der Waals surface area contributed by atoms with Crippen LogP contribution in [-0.2, 0) is 11.2 Å². The number of fused-ring (bicyclic) bond motifs is 1. The molecule has 0 aliphatic rings. The van der Waals surface area contributed by atoms with E-state index in [-0.39, 0.29) is 12.3 Å². The van der Waals surface area contributed by atoms with Gasteiger partial charge in [0, 0.05) is 16.6 Å². The van der Waals surface area contributed by atoms with Gasteiger partial charge >= 0.3 is 0 Å². The van der Waals surface area contributed by atoms with Crippen molar-refractivity contribution in [1.29, 1.82) is 0 Å². The molecule has 0 aliphatic carbocycles. The van der Waals surface area contributed by atoms with Gasteiger partial charge in [-0.2, -0.15) is 5.10 Å². The van der Waals surface area contributed by atoms with Crippen LogP contribution in [0.5, 0.6) is 5.75 Å². The Kier molecular flexibility index (Phi) is 5.40. The fourth-order valence-electron chi connectivity index (χ4n) is 2.52. The van der Waals surface area contributed by atoms with Crippen molar-refractivity contribution in [1.82, 2.24) is 10.4 Å². The van der Waals surface area contributed by atoms with Crippen molar-refractivity contribution in [3.05, 3.63) is 58.0 Å². The summed E-state index contributed by atoms with van der Waals surface area (Å²) >= 11 is 1.47. The molecular weight excluding hydrogens is 334 g/mol. The number of ether oxygens (including phenoxy) is 1. The molecule has 1 N–H and O–H groups in total. The number of nitrogens with zero attached hydrogens (tertiary/aromatic N) is 2. The quantitative estimate of drug-likeness (QED) is 0.543. The number of amides is 1. The average molecular weight is 353 g/mol. The zero-order chi connectivity index (χ0) is 17.6. The van der Waals surface area contributed by atoms with E-state index < -0.39 is 0 Å². The number of hydrogen-bond donors (Lipinski definition) is 1. The lowest BCUT2D eigenvalue weighted by Gasteiger charge is -2.10. The molecule has 0 atom stereocenters. The maximum absolute atomic E-state index is 12.0. The fraction of sp³-hybridized carbons (Fsp3) is 0.211. The molecule has 6 heteroatoms. The summed E-state index contributed by atoms with van der Waals surface area (Å²) in [6.45, 7) is 4.41. The van der Waals surface area contributed by atoms with Crippen molar-refractivity contribution in [2.45, 2.75) is 20.3 Å². The highest BCUT2D eigenvalue weighted by Gasteiger charge is 2.08. The van der Waals surface area contributed by atoms with Crippen molar-refractivity contribution in [3.63, 3.8) is 0 Å². The third kappa shape index (κ3) is 4.22. The number of carbonyl (C=O) groups excluding carboxylic acids is 1. The predicted octanol–water partition coefficient (Wildman–Crippen LogP) is 3.70. The number of hydrogen-bond acceptors (Lipinski definition) is 5.